The van der Waals surface area contributed by atoms with Crippen LogP contribution in [0.2, 0.25) is 0 Å². The smallest absolute Gasteiger partial charge is 0.292 e. The number of carbonyl (C=O) groups is 1. The molecular formula is C14H12N4O2S. The number of nitrogens with zero attached hydrogens (tertiary/aromatic N) is 3. The molecule has 0 spiro atoms. The lowest BCUT2D eigenvalue weighted by Gasteiger charge is -2.07. The normalized spacial score (nSPS) is 10.8. The van der Waals surface area contributed by atoms with Crippen molar-refractivity contribution in [1.29, 1.82) is 0 Å². The van der Waals surface area contributed by atoms with E-state index < -0.39 is 5.56 Å². The minimum atomic E-state index is -0.418. The fraction of sp³-hybridized carbons (Fsp3) is 0.143. The zero-order valence-electron chi connectivity index (χ0n) is 11.5. The first kappa shape index (κ1) is 13.4. The lowest BCUT2D eigenvalue weighted by Crippen LogP contribution is -2.11. The molecule has 1 N–H and O–H groups in total. The summed E-state index contributed by atoms with van der Waals surface area (Å²) in [7, 11) is 0. The van der Waals surface area contributed by atoms with Gasteiger partial charge in [-0.3, -0.25) is 9.59 Å². The fourth-order valence-corrected chi connectivity index (χ4v) is 2.79. The molecule has 6 nitrogen and oxygen atoms in total. The summed E-state index contributed by atoms with van der Waals surface area (Å²) in [4.78, 5) is 28.0. The summed E-state index contributed by atoms with van der Waals surface area (Å²) in [6.45, 7) is 3.94. The molecule has 0 saturated carbocycles. The summed E-state index contributed by atoms with van der Waals surface area (Å²) < 4.78 is 1.42. The van der Waals surface area contributed by atoms with Crippen LogP contribution in [0.25, 0.3) is 4.96 Å². The number of hydrogen-bond acceptors (Lipinski definition) is 5. The van der Waals surface area contributed by atoms with E-state index in [9.17, 15) is 9.59 Å². The highest BCUT2D eigenvalue weighted by Crippen LogP contribution is 2.19. The zero-order valence-corrected chi connectivity index (χ0v) is 12.3. The Balaban J connectivity index is 1.91. The van der Waals surface area contributed by atoms with Gasteiger partial charge in [0.25, 0.3) is 11.5 Å². The van der Waals surface area contributed by atoms with Crippen LogP contribution in [-0.4, -0.2) is 20.5 Å². The molecule has 1 amide bonds. The van der Waals surface area contributed by atoms with E-state index in [2.05, 4.69) is 15.4 Å². The van der Waals surface area contributed by atoms with Gasteiger partial charge in [-0.25, -0.2) is 4.52 Å². The maximum absolute atomic E-state index is 12.3. The molecule has 0 unspecified atom stereocenters. The van der Waals surface area contributed by atoms with Crippen LogP contribution in [0.1, 0.15) is 20.8 Å². The molecule has 2 heterocycles. The number of aromatic nitrogens is 3. The summed E-state index contributed by atoms with van der Waals surface area (Å²) in [5, 5.41) is 6.75. The molecule has 0 bridgehead atoms. The van der Waals surface area contributed by atoms with Crippen LogP contribution in [0.15, 0.2) is 35.4 Å². The molecule has 0 fully saturated rings. The van der Waals surface area contributed by atoms with Gasteiger partial charge in [0, 0.05) is 5.69 Å². The quantitative estimate of drug-likeness (QED) is 0.785. The third kappa shape index (κ3) is 2.68. The number of amides is 1. The molecule has 0 saturated heterocycles. The Morgan fingerprint density at radius 3 is 2.90 bits per heavy atom. The highest BCUT2D eigenvalue weighted by molar-refractivity contribution is 7.18. The summed E-state index contributed by atoms with van der Waals surface area (Å²) in [5.74, 6) is -0.244. The molecule has 3 aromatic rings. The summed E-state index contributed by atoms with van der Waals surface area (Å²) in [6, 6.07) is 5.81. The molecule has 0 atom stereocenters. The standard InChI is InChI=1S/C14H12N4O2S/c1-8-3-4-10(9(2)5-8)16-13(20)11-7-18-14(21-11)17-12(19)6-15-18/h3-7H,1-2H3,(H,16,20). The maximum Gasteiger partial charge on any atom is 0.292 e. The van der Waals surface area contributed by atoms with E-state index in [0.717, 1.165) is 34.3 Å². The van der Waals surface area contributed by atoms with Gasteiger partial charge in [-0.05, 0) is 25.5 Å². The van der Waals surface area contributed by atoms with Gasteiger partial charge >= 0.3 is 0 Å². The number of fused-ring (bicyclic) bond motifs is 1. The monoisotopic (exact) mass is 300 g/mol. The highest BCUT2D eigenvalue weighted by atomic mass is 32.1. The van der Waals surface area contributed by atoms with Crippen molar-refractivity contribution >= 4 is 27.9 Å². The van der Waals surface area contributed by atoms with Crippen LogP contribution in [0.3, 0.4) is 0 Å². The SMILES string of the molecule is Cc1ccc(NC(=O)c2cn3ncc(=O)nc3s2)c(C)c1. The molecule has 0 aliphatic rings. The van der Waals surface area contributed by atoms with E-state index in [1.807, 2.05) is 32.0 Å². The van der Waals surface area contributed by atoms with E-state index >= 15 is 0 Å². The highest BCUT2D eigenvalue weighted by Gasteiger charge is 2.12. The number of anilines is 1. The number of benzene rings is 1. The molecule has 7 heteroatoms. The van der Waals surface area contributed by atoms with Crippen molar-refractivity contribution in [3.05, 3.63) is 57.0 Å². The Labute approximate surface area is 124 Å². The van der Waals surface area contributed by atoms with Crippen LogP contribution in [-0.2, 0) is 0 Å². The Morgan fingerprint density at radius 2 is 2.14 bits per heavy atom. The molecule has 21 heavy (non-hydrogen) atoms. The van der Waals surface area contributed by atoms with E-state index in [1.54, 1.807) is 6.20 Å². The van der Waals surface area contributed by atoms with E-state index in [0.29, 0.717) is 9.84 Å². The third-order valence-electron chi connectivity index (χ3n) is 2.99. The lowest BCUT2D eigenvalue weighted by molar-refractivity contribution is 0.103. The topological polar surface area (TPSA) is 76.4 Å². The second-order valence-corrected chi connectivity index (χ2v) is 5.70. The molecule has 0 aliphatic heterocycles. The molecule has 3 rings (SSSR count). The number of rotatable bonds is 2. The van der Waals surface area contributed by atoms with Gasteiger partial charge in [0.05, 0.1) is 6.20 Å². The Hall–Kier alpha value is -2.54. The van der Waals surface area contributed by atoms with E-state index in [4.69, 9.17) is 0 Å². The second kappa shape index (κ2) is 5.10. The Bertz CT molecular complexity index is 897. The minimum Gasteiger partial charge on any atom is -0.321 e. The zero-order chi connectivity index (χ0) is 15.0. The van der Waals surface area contributed by atoms with Crippen molar-refractivity contribution in [2.45, 2.75) is 13.8 Å². The first-order valence-corrected chi connectivity index (χ1v) is 7.09. The van der Waals surface area contributed by atoms with Crippen molar-refractivity contribution in [2.24, 2.45) is 0 Å². The van der Waals surface area contributed by atoms with Crippen molar-refractivity contribution in [2.75, 3.05) is 5.32 Å². The number of carbonyl (C=O) groups excluding carboxylic acids is 1. The fourth-order valence-electron chi connectivity index (χ4n) is 1.97. The van der Waals surface area contributed by atoms with E-state index in [1.165, 1.54) is 4.52 Å². The predicted octanol–water partition coefficient (Wildman–Crippen LogP) is 2.02. The van der Waals surface area contributed by atoms with Crippen LogP contribution in [0, 0.1) is 13.8 Å². The van der Waals surface area contributed by atoms with Gasteiger partial charge < -0.3 is 5.32 Å². The Kier molecular flexibility index (Phi) is 3.26. The third-order valence-corrected chi connectivity index (χ3v) is 3.96. The van der Waals surface area contributed by atoms with Crippen LogP contribution >= 0.6 is 11.3 Å². The second-order valence-electron chi connectivity index (χ2n) is 4.69. The number of nitrogens with one attached hydrogen (secondary N) is 1. The van der Waals surface area contributed by atoms with Gasteiger partial charge in [0.1, 0.15) is 11.1 Å². The van der Waals surface area contributed by atoms with Gasteiger partial charge in [0.2, 0.25) is 4.96 Å². The lowest BCUT2D eigenvalue weighted by atomic mass is 10.1. The Morgan fingerprint density at radius 1 is 1.33 bits per heavy atom. The predicted molar refractivity (Wildman–Crippen MR) is 81.0 cm³/mol. The number of thiazole rings is 1. The minimum absolute atomic E-state index is 0.244. The molecule has 0 aliphatic carbocycles. The number of hydrogen-bond donors (Lipinski definition) is 1. The van der Waals surface area contributed by atoms with E-state index in [-0.39, 0.29) is 5.91 Å². The molecule has 106 valence electrons. The largest absolute Gasteiger partial charge is 0.321 e. The summed E-state index contributed by atoms with van der Waals surface area (Å²) in [5.41, 5.74) is 2.48. The van der Waals surface area contributed by atoms with Crippen molar-refractivity contribution in [3.8, 4) is 0 Å². The van der Waals surface area contributed by atoms with Crippen molar-refractivity contribution in [1.82, 2.24) is 14.6 Å². The van der Waals surface area contributed by atoms with Gasteiger partial charge in [-0.1, -0.05) is 29.0 Å². The molecule has 2 aromatic heterocycles. The summed E-state index contributed by atoms with van der Waals surface area (Å²) >= 11 is 1.13. The molecule has 1 aromatic carbocycles. The average molecular weight is 300 g/mol. The van der Waals surface area contributed by atoms with Crippen LogP contribution in [0.4, 0.5) is 5.69 Å². The van der Waals surface area contributed by atoms with Gasteiger partial charge in [0.15, 0.2) is 0 Å². The first-order chi connectivity index (χ1) is 10.0. The van der Waals surface area contributed by atoms with Crippen LogP contribution in [0.5, 0.6) is 0 Å². The first-order valence-electron chi connectivity index (χ1n) is 6.27. The van der Waals surface area contributed by atoms with Crippen molar-refractivity contribution in [3.63, 3.8) is 0 Å². The van der Waals surface area contributed by atoms with Crippen molar-refractivity contribution < 1.29 is 4.79 Å². The van der Waals surface area contributed by atoms with Gasteiger partial charge in [-0.15, -0.1) is 0 Å². The average Bonchev–Trinajstić information content (AvgIpc) is 2.85. The van der Waals surface area contributed by atoms with Crippen LogP contribution < -0.4 is 10.9 Å². The van der Waals surface area contributed by atoms with Gasteiger partial charge in [-0.2, -0.15) is 10.1 Å². The molecule has 0 radical (unpaired) electrons. The number of aryl methyl sites for hydroxylation is 2. The molecular weight excluding hydrogens is 288 g/mol. The summed E-state index contributed by atoms with van der Waals surface area (Å²) in [6.07, 6.45) is 2.68. The maximum atomic E-state index is 12.3.